The van der Waals surface area contributed by atoms with Crippen LogP contribution in [0.1, 0.15) is 52.9 Å². The van der Waals surface area contributed by atoms with Gasteiger partial charge in [0.25, 0.3) is 0 Å². The van der Waals surface area contributed by atoms with Gasteiger partial charge in [0.15, 0.2) is 0 Å². The second-order valence-electron chi connectivity index (χ2n) is 3.91. The molecule has 2 rings (SSSR count). The molecule has 3 unspecified atom stereocenters. The highest BCUT2D eigenvalue weighted by Gasteiger charge is 2.36. The van der Waals surface area contributed by atoms with E-state index in [-0.39, 0.29) is 0 Å². The molecule has 0 saturated heterocycles. The molecule has 0 N–H and O–H groups in total. The minimum Gasteiger partial charge on any atom is -0.0683 e. The fraction of sp³-hybridized carbons (Fsp3) is 1.00. The first kappa shape index (κ1) is 9.09. The zero-order valence-electron chi connectivity index (χ0n) is 8.27. The van der Waals surface area contributed by atoms with Gasteiger partial charge in [0.05, 0.1) is 0 Å². The molecule has 0 nitrogen and oxygen atoms in total. The van der Waals surface area contributed by atoms with E-state index >= 15 is 0 Å². The predicted octanol–water partition coefficient (Wildman–Crippen LogP) is 3.86. The van der Waals surface area contributed by atoms with Crippen LogP contribution in [0.5, 0.6) is 0 Å². The normalized spacial score (nSPS) is 41.2. The summed E-state index contributed by atoms with van der Waals surface area (Å²) in [6.45, 7) is 6.44. The maximum Gasteiger partial charge on any atom is -0.0360 e. The molecule has 66 valence electrons. The average Bonchev–Trinajstić information content (AvgIpc) is 2.60. The molecule has 2 aliphatic rings. The van der Waals surface area contributed by atoms with Gasteiger partial charge in [0, 0.05) is 0 Å². The van der Waals surface area contributed by atoms with Crippen molar-refractivity contribution in [1.82, 2.24) is 0 Å². The molecule has 2 fully saturated rings. The third-order valence-electron chi connectivity index (χ3n) is 3.44. The van der Waals surface area contributed by atoms with Crippen molar-refractivity contribution in [1.29, 1.82) is 0 Å². The van der Waals surface area contributed by atoms with Gasteiger partial charge < -0.3 is 0 Å². The van der Waals surface area contributed by atoms with Crippen LogP contribution >= 0.6 is 0 Å². The van der Waals surface area contributed by atoms with Gasteiger partial charge in [-0.25, -0.2) is 0 Å². The van der Waals surface area contributed by atoms with E-state index < -0.39 is 0 Å². The Hall–Kier alpha value is 0. The van der Waals surface area contributed by atoms with Crippen LogP contribution in [0.2, 0.25) is 0 Å². The van der Waals surface area contributed by atoms with Crippen LogP contribution in [0, 0.1) is 17.8 Å². The smallest absolute Gasteiger partial charge is 0.0360 e. The lowest BCUT2D eigenvalue weighted by Crippen LogP contribution is -2.04. The highest BCUT2D eigenvalue weighted by molar-refractivity contribution is 4.86. The fourth-order valence-electron chi connectivity index (χ4n) is 2.86. The minimum absolute atomic E-state index is 1.07. The van der Waals surface area contributed by atoms with Gasteiger partial charge in [-0.2, -0.15) is 0 Å². The minimum atomic E-state index is 1.07. The van der Waals surface area contributed by atoms with E-state index in [1.165, 1.54) is 12.8 Å². The van der Waals surface area contributed by atoms with Crippen molar-refractivity contribution >= 4 is 0 Å². The van der Waals surface area contributed by atoms with E-state index in [0.29, 0.717) is 0 Å². The lowest BCUT2D eigenvalue weighted by atomic mass is 9.94. The zero-order valence-corrected chi connectivity index (χ0v) is 8.27. The van der Waals surface area contributed by atoms with Gasteiger partial charge in [-0.3, -0.25) is 0 Å². The molecule has 0 aromatic rings. The molecule has 0 spiro atoms. The Balaban J connectivity index is 0.000000281. The molecule has 0 amide bonds. The van der Waals surface area contributed by atoms with Crippen molar-refractivity contribution in [3.05, 3.63) is 0 Å². The SMILES string of the molecule is CC.CC1CCC2CCCC12. The molecule has 0 aromatic heterocycles. The van der Waals surface area contributed by atoms with Crippen LogP contribution in [-0.4, -0.2) is 0 Å². The lowest BCUT2D eigenvalue weighted by Gasteiger charge is -2.11. The maximum atomic E-state index is 2.44. The first-order chi connectivity index (χ1) is 5.38. The molecule has 0 radical (unpaired) electrons. The standard InChI is InChI=1S/C9H16.C2H6/c1-7-5-6-8-3-2-4-9(7)8;1-2/h7-9H,2-6H2,1H3;1-2H3. The van der Waals surface area contributed by atoms with Crippen LogP contribution < -0.4 is 0 Å². The third kappa shape index (κ3) is 1.77. The summed E-state index contributed by atoms with van der Waals surface area (Å²) < 4.78 is 0. The van der Waals surface area contributed by atoms with Crippen LogP contribution in [0.4, 0.5) is 0 Å². The Morgan fingerprint density at radius 1 is 0.909 bits per heavy atom. The molecule has 11 heavy (non-hydrogen) atoms. The summed E-state index contributed by atoms with van der Waals surface area (Å²) in [7, 11) is 0. The summed E-state index contributed by atoms with van der Waals surface area (Å²) in [5.74, 6) is 3.36. The average molecular weight is 154 g/mol. The molecular weight excluding hydrogens is 132 g/mol. The van der Waals surface area contributed by atoms with Crippen molar-refractivity contribution in [2.24, 2.45) is 17.8 Å². The van der Waals surface area contributed by atoms with E-state index in [2.05, 4.69) is 6.92 Å². The van der Waals surface area contributed by atoms with E-state index in [4.69, 9.17) is 0 Å². The summed E-state index contributed by atoms with van der Waals surface area (Å²) in [6, 6.07) is 0. The van der Waals surface area contributed by atoms with Gasteiger partial charge >= 0.3 is 0 Å². The molecule has 0 aromatic carbocycles. The number of hydrogen-bond acceptors (Lipinski definition) is 0. The van der Waals surface area contributed by atoms with E-state index in [9.17, 15) is 0 Å². The monoisotopic (exact) mass is 154 g/mol. The van der Waals surface area contributed by atoms with Gasteiger partial charge in [0.1, 0.15) is 0 Å². The Labute approximate surface area is 71.4 Å². The van der Waals surface area contributed by atoms with Crippen LogP contribution in [0.25, 0.3) is 0 Å². The maximum absolute atomic E-state index is 2.44. The van der Waals surface area contributed by atoms with Gasteiger partial charge in [-0.1, -0.05) is 40.0 Å². The molecule has 0 heteroatoms. The second-order valence-corrected chi connectivity index (χ2v) is 3.91. The topological polar surface area (TPSA) is 0 Å². The molecule has 2 aliphatic carbocycles. The zero-order chi connectivity index (χ0) is 8.27. The van der Waals surface area contributed by atoms with E-state index in [1.807, 2.05) is 13.8 Å². The largest absolute Gasteiger partial charge is 0.0683 e. The summed E-state index contributed by atoms with van der Waals surface area (Å²) in [6.07, 6.45) is 7.70. The number of fused-ring (bicyclic) bond motifs is 1. The summed E-state index contributed by atoms with van der Waals surface area (Å²) >= 11 is 0. The molecule has 0 heterocycles. The van der Waals surface area contributed by atoms with Gasteiger partial charge in [-0.15, -0.1) is 0 Å². The van der Waals surface area contributed by atoms with Crippen molar-refractivity contribution in [2.75, 3.05) is 0 Å². The van der Waals surface area contributed by atoms with Crippen molar-refractivity contribution in [3.63, 3.8) is 0 Å². The van der Waals surface area contributed by atoms with Crippen molar-refractivity contribution in [2.45, 2.75) is 52.9 Å². The Morgan fingerprint density at radius 2 is 1.64 bits per heavy atom. The molecule has 3 atom stereocenters. The van der Waals surface area contributed by atoms with Crippen molar-refractivity contribution in [3.8, 4) is 0 Å². The predicted molar refractivity (Wildman–Crippen MR) is 50.6 cm³/mol. The number of hydrogen-bond donors (Lipinski definition) is 0. The van der Waals surface area contributed by atoms with Gasteiger partial charge in [0.2, 0.25) is 0 Å². The molecule has 0 aliphatic heterocycles. The number of rotatable bonds is 0. The summed E-state index contributed by atoms with van der Waals surface area (Å²) in [4.78, 5) is 0. The summed E-state index contributed by atoms with van der Waals surface area (Å²) in [5, 5.41) is 0. The lowest BCUT2D eigenvalue weighted by molar-refractivity contribution is 0.376. The molecule has 0 bridgehead atoms. The van der Waals surface area contributed by atoms with Crippen molar-refractivity contribution < 1.29 is 0 Å². The Morgan fingerprint density at radius 3 is 2.27 bits per heavy atom. The van der Waals surface area contributed by atoms with Gasteiger partial charge in [-0.05, 0) is 30.6 Å². The first-order valence-electron chi connectivity index (χ1n) is 5.38. The molecule has 2 saturated carbocycles. The quantitative estimate of drug-likeness (QED) is 0.497. The Bertz CT molecular complexity index is 107. The summed E-state index contributed by atoms with van der Waals surface area (Å²) in [5.41, 5.74) is 0. The molecular formula is C11H22. The van der Waals surface area contributed by atoms with Crippen LogP contribution in [0.15, 0.2) is 0 Å². The van der Waals surface area contributed by atoms with Crippen LogP contribution in [0.3, 0.4) is 0 Å². The first-order valence-corrected chi connectivity index (χ1v) is 5.38. The van der Waals surface area contributed by atoms with E-state index in [0.717, 1.165) is 17.8 Å². The Kier molecular flexibility index (Phi) is 3.42. The highest BCUT2D eigenvalue weighted by atomic mass is 14.4. The highest BCUT2D eigenvalue weighted by Crippen LogP contribution is 2.46. The van der Waals surface area contributed by atoms with Crippen LogP contribution in [-0.2, 0) is 0 Å². The second kappa shape index (κ2) is 4.13. The fourth-order valence-corrected chi connectivity index (χ4v) is 2.86. The van der Waals surface area contributed by atoms with E-state index in [1.54, 1.807) is 19.3 Å². The third-order valence-corrected chi connectivity index (χ3v) is 3.44.